The maximum absolute atomic E-state index is 13.6. The zero-order valence-electron chi connectivity index (χ0n) is 22.8. The van der Waals surface area contributed by atoms with Gasteiger partial charge in [0, 0.05) is 6.42 Å². The summed E-state index contributed by atoms with van der Waals surface area (Å²) in [5, 5.41) is 13.3. The normalized spacial score (nSPS) is 13.6. The van der Waals surface area contributed by atoms with Crippen molar-refractivity contribution in [3.8, 4) is 0 Å². The zero-order valence-corrected chi connectivity index (χ0v) is 22.8. The maximum atomic E-state index is 13.6. The minimum atomic E-state index is -0.846. The molecule has 0 aliphatic rings. The van der Waals surface area contributed by atoms with Crippen molar-refractivity contribution in [2.75, 3.05) is 7.05 Å². The second-order valence-electron chi connectivity index (χ2n) is 10.5. The maximum Gasteiger partial charge on any atom is 0.243 e. The standard InChI is InChI=1S/C33H37N3O3/c1-22(2)18-27(21-37)35-33(39)31(20-26-15-9-13-24-11-5-7-17-29(24)26)36-32(38)30(34-3)19-25-14-8-12-23-10-4-6-16-28(23)25/h4-17,21-22,27,30-31,34H,18-20H2,1-3H3,(H,35,39)(H,36,38)/t27-,30?,31?/m1/s1. The van der Waals surface area contributed by atoms with Gasteiger partial charge in [0.05, 0.1) is 12.1 Å². The van der Waals surface area contributed by atoms with Crippen molar-refractivity contribution in [2.24, 2.45) is 5.92 Å². The van der Waals surface area contributed by atoms with Crippen LogP contribution in [0.1, 0.15) is 31.4 Å². The van der Waals surface area contributed by atoms with Crippen LogP contribution < -0.4 is 16.0 Å². The van der Waals surface area contributed by atoms with E-state index >= 15 is 0 Å². The summed E-state index contributed by atoms with van der Waals surface area (Å²) in [5.41, 5.74) is 2.01. The molecule has 6 nitrogen and oxygen atoms in total. The molecule has 0 heterocycles. The van der Waals surface area contributed by atoms with Crippen LogP contribution >= 0.6 is 0 Å². The molecule has 4 rings (SSSR count). The van der Waals surface area contributed by atoms with Gasteiger partial charge in [-0.15, -0.1) is 0 Å². The van der Waals surface area contributed by atoms with Gasteiger partial charge in [0.15, 0.2) is 0 Å². The van der Waals surface area contributed by atoms with Crippen molar-refractivity contribution in [1.82, 2.24) is 16.0 Å². The van der Waals surface area contributed by atoms with Gasteiger partial charge < -0.3 is 20.7 Å². The van der Waals surface area contributed by atoms with Crippen LogP contribution in [0.3, 0.4) is 0 Å². The fraction of sp³-hybridized carbons (Fsp3) is 0.303. The number of rotatable bonds is 12. The van der Waals surface area contributed by atoms with Crippen molar-refractivity contribution >= 4 is 39.6 Å². The first kappa shape index (κ1) is 28.0. The molecule has 202 valence electrons. The van der Waals surface area contributed by atoms with Crippen LogP contribution in [0.4, 0.5) is 0 Å². The number of aldehydes is 1. The Bertz CT molecular complexity index is 1440. The summed E-state index contributed by atoms with van der Waals surface area (Å²) in [6.07, 6.45) is 2.07. The van der Waals surface area contributed by atoms with Crippen molar-refractivity contribution in [1.29, 1.82) is 0 Å². The molecular formula is C33H37N3O3. The number of hydrogen-bond donors (Lipinski definition) is 3. The monoisotopic (exact) mass is 523 g/mol. The number of nitrogens with one attached hydrogen (secondary N) is 3. The minimum Gasteiger partial charge on any atom is -0.345 e. The number of hydrogen-bond acceptors (Lipinski definition) is 4. The van der Waals surface area contributed by atoms with Crippen molar-refractivity contribution < 1.29 is 14.4 Å². The molecule has 4 aromatic rings. The number of likely N-dealkylation sites (N-methyl/N-ethyl adjacent to an activating group) is 1. The van der Waals surface area contributed by atoms with Crippen LogP contribution in [-0.4, -0.2) is 43.3 Å². The van der Waals surface area contributed by atoms with Crippen molar-refractivity contribution in [3.05, 3.63) is 96.1 Å². The number of carbonyl (C=O) groups is 3. The average Bonchev–Trinajstić information content (AvgIpc) is 2.95. The predicted molar refractivity (Wildman–Crippen MR) is 158 cm³/mol. The quantitative estimate of drug-likeness (QED) is 0.237. The Kier molecular flexibility index (Phi) is 9.45. The molecule has 6 heteroatoms. The highest BCUT2D eigenvalue weighted by molar-refractivity contribution is 5.93. The Hall–Kier alpha value is -4.03. The highest BCUT2D eigenvalue weighted by Crippen LogP contribution is 2.22. The fourth-order valence-electron chi connectivity index (χ4n) is 5.13. The summed E-state index contributed by atoms with van der Waals surface area (Å²) in [4.78, 5) is 38.8. The number of carbonyl (C=O) groups excluding carboxylic acids is 3. The van der Waals surface area contributed by atoms with Crippen LogP contribution in [0, 0.1) is 5.92 Å². The molecule has 39 heavy (non-hydrogen) atoms. The van der Waals surface area contributed by atoms with E-state index in [0.717, 1.165) is 39.0 Å². The largest absolute Gasteiger partial charge is 0.345 e. The summed E-state index contributed by atoms with van der Waals surface area (Å²) in [7, 11) is 1.75. The lowest BCUT2D eigenvalue weighted by Gasteiger charge is -2.25. The van der Waals surface area contributed by atoms with Crippen molar-refractivity contribution in [2.45, 2.75) is 51.2 Å². The van der Waals surface area contributed by atoms with E-state index in [1.54, 1.807) is 7.05 Å². The minimum absolute atomic E-state index is 0.237. The summed E-state index contributed by atoms with van der Waals surface area (Å²) in [6.45, 7) is 4.01. The van der Waals surface area contributed by atoms with E-state index in [4.69, 9.17) is 0 Å². The van der Waals surface area contributed by atoms with Crippen molar-refractivity contribution in [3.63, 3.8) is 0 Å². The molecular weight excluding hydrogens is 486 g/mol. The lowest BCUT2D eigenvalue weighted by atomic mass is 9.96. The molecule has 3 N–H and O–H groups in total. The van der Waals surface area contributed by atoms with Gasteiger partial charge in [0.1, 0.15) is 12.3 Å². The van der Waals surface area contributed by atoms with E-state index in [2.05, 4.69) is 34.1 Å². The second kappa shape index (κ2) is 13.2. The van der Waals surface area contributed by atoms with Gasteiger partial charge in [-0.2, -0.15) is 0 Å². The van der Waals surface area contributed by atoms with Gasteiger partial charge in [-0.05, 0) is 58.5 Å². The molecule has 0 saturated carbocycles. The van der Waals surface area contributed by atoms with Crippen LogP contribution in [0.5, 0.6) is 0 Å². The number of benzene rings is 4. The molecule has 4 aromatic carbocycles. The first-order valence-corrected chi connectivity index (χ1v) is 13.6. The van der Waals surface area contributed by atoms with Crippen LogP contribution in [-0.2, 0) is 27.2 Å². The van der Waals surface area contributed by atoms with E-state index in [9.17, 15) is 14.4 Å². The molecule has 2 amide bonds. The Labute approximate surface area is 230 Å². The molecule has 0 bridgehead atoms. The molecule has 0 radical (unpaired) electrons. The Balaban J connectivity index is 1.59. The van der Waals surface area contributed by atoms with Gasteiger partial charge in [-0.25, -0.2) is 0 Å². The molecule has 0 aromatic heterocycles. The summed E-state index contributed by atoms with van der Waals surface area (Å²) < 4.78 is 0. The topological polar surface area (TPSA) is 87.3 Å². The van der Waals surface area contributed by atoms with E-state index in [1.807, 2.05) is 80.6 Å². The third kappa shape index (κ3) is 7.09. The SMILES string of the molecule is CNC(Cc1cccc2ccccc12)C(=O)NC(Cc1cccc2ccccc12)C(=O)N[C@@H](C=O)CC(C)C. The average molecular weight is 524 g/mol. The lowest BCUT2D eigenvalue weighted by Crippen LogP contribution is -2.55. The van der Waals surface area contributed by atoms with Crippen LogP contribution in [0.2, 0.25) is 0 Å². The van der Waals surface area contributed by atoms with E-state index in [0.29, 0.717) is 19.3 Å². The molecule has 0 fully saturated rings. The van der Waals surface area contributed by atoms with E-state index < -0.39 is 18.1 Å². The Morgan fingerprint density at radius 2 is 1.18 bits per heavy atom. The number of amides is 2. The zero-order chi connectivity index (χ0) is 27.8. The molecule has 0 aliphatic carbocycles. The van der Waals surface area contributed by atoms with Gasteiger partial charge >= 0.3 is 0 Å². The first-order chi connectivity index (χ1) is 18.9. The highest BCUT2D eigenvalue weighted by Gasteiger charge is 2.28. The first-order valence-electron chi connectivity index (χ1n) is 13.6. The summed E-state index contributed by atoms with van der Waals surface area (Å²) >= 11 is 0. The Morgan fingerprint density at radius 1 is 0.692 bits per heavy atom. The summed E-state index contributed by atoms with van der Waals surface area (Å²) in [5.74, 6) is -0.396. The van der Waals surface area contributed by atoms with Crippen LogP contribution in [0.15, 0.2) is 84.9 Å². The lowest BCUT2D eigenvalue weighted by molar-refractivity contribution is -0.131. The van der Waals surface area contributed by atoms with Gasteiger partial charge in [0.2, 0.25) is 11.8 Å². The number of fused-ring (bicyclic) bond motifs is 2. The van der Waals surface area contributed by atoms with Gasteiger partial charge in [-0.1, -0.05) is 98.8 Å². The van der Waals surface area contributed by atoms with Gasteiger partial charge in [-0.3, -0.25) is 9.59 Å². The molecule has 0 spiro atoms. The third-order valence-corrected chi connectivity index (χ3v) is 7.12. The molecule has 0 saturated heterocycles. The molecule has 0 aliphatic heterocycles. The third-order valence-electron chi connectivity index (χ3n) is 7.12. The van der Waals surface area contributed by atoms with E-state index in [1.165, 1.54) is 0 Å². The second-order valence-corrected chi connectivity index (χ2v) is 10.5. The van der Waals surface area contributed by atoms with Gasteiger partial charge in [0.25, 0.3) is 0 Å². The highest BCUT2D eigenvalue weighted by atomic mass is 16.2. The summed E-state index contributed by atoms with van der Waals surface area (Å²) in [6, 6.07) is 26.1. The fourth-order valence-corrected chi connectivity index (χ4v) is 5.13. The molecule has 2 unspecified atom stereocenters. The Morgan fingerprint density at radius 3 is 1.69 bits per heavy atom. The smallest absolute Gasteiger partial charge is 0.243 e. The predicted octanol–water partition coefficient (Wildman–Crippen LogP) is 4.58. The van der Waals surface area contributed by atoms with E-state index in [-0.39, 0.29) is 17.7 Å². The molecule has 3 atom stereocenters. The van der Waals surface area contributed by atoms with Crippen LogP contribution in [0.25, 0.3) is 21.5 Å².